The largest absolute Gasteiger partial charge is 0.393 e. The highest BCUT2D eigenvalue weighted by Crippen LogP contribution is 2.16. The highest BCUT2D eigenvalue weighted by molar-refractivity contribution is 9.10. The maximum absolute atomic E-state index is 9.67. The quantitative estimate of drug-likeness (QED) is 0.919. The van der Waals surface area contributed by atoms with Crippen molar-refractivity contribution < 1.29 is 9.63 Å². The molecule has 2 rings (SSSR count). The molecule has 96 valence electrons. The molecule has 0 aliphatic heterocycles. The van der Waals surface area contributed by atoms with Crippen LogP contribution in [0.4, 0.5) is 0 Å². The van der Waals surface area contributed by atoms with Gasteiger partial charge < -0.3 is 9.63 Å². The van der Waals surface area contributed by atoms with Crippen molar-refractivity contribution in [1.29, 1.82) is 0 Å². The van der Waals surface area contributed by atoms with Crippen molar-refractivity contribution >= 4 is 15.9 Å². The molecular weight excluding hydrogens is 298 g/mol. The van der Waals surface area contributed by atoms with Crippen LogP contribution in [0.25, 0.3) is 11.5 Å². The van der Waals surface area contributed by atoms with E-state index < -0.39 is 6.10 Å². The second-order valence-electron chi connectivity index (χ2n) is 4.02. The minimum absolute atomic E-state index is 0.386. The van der Waals surface area contributed by atoms with E-state index in [4.69, 9.17) is 4.52 Å². The minimum Gasteiger partial charge on any atom is -0.393 e. The van der Waals surface area contributed by atoms with Crippen LogP contribution in [0.2, 0.25) is 0 Å². The summed E-state index contributed by atoms with van der Waals surface area (Å²) < 4.78 is 5.99. The van der Waals surface area contributed by atoms with Crippen LogP contribution in [0.15, 0.2) is 27.3 Å². The van der Waals surface area contributed by atoms with E-state index in [1.54, 1.807) is 12.3 Å². The van der Waals surface area contributed by atoms with Crippen molar-refractivity contribution in [1.82, 2.24) is 15.1 Å². The predicted octanol–water partition coefficient (Wildman–Crippen LogP) is 2.60. The lowest BCUT2D eigenvalue weighted by atomic mass is 10.1. The summed E-state index contributed by atoms with van der Waals surface area (Å²) in [7, 11) is 0. The van der Waals surface area contributed by atoms with Gasteiger partial charge in [0.15, 0.2) is 0 Å². The fourth-order valence-electron chi connectivity index (χ4n) is 1.59. The normalized spacial score (nSPS) is 12.6. The Morgan fingerprint density at radius 2 is 2.28 bits per heavy atom. The second-order valence-corrected chi connectivity index (χ2v) is 4.94. The van der Waals surface area contributed by atoms with Gasteiger partial charge in [0.2, 0.25) is 11.7 Å². The first kappa shape index (κ1) is 13.2. The average molecular weight is 312 g/mol. The van der Waals surface area contributed by atoms with E-state index in [0.717, 1.165) is 17.3 Å². The smallest absolute Gasteiger partial charge is 0.229 e. The Bertz CT molecular complexity index is 498. The van der Waals surface area contributed by atoms with Gasteiger partial charge in [-0.05, 0) is 34.5 Å². The number of pyridine rings is 1. The highest BCUT2D eigenvalue weighted by atomic mass is 79.9. The van der Waals surface area contributed by atoms with Crippen LogP contribution in [0.1, 0.15) is 25.7 Å². The molecule has 18 heavy (non-hydrogen) atoms. The third-order valence-corrected chi connectivity index (χ3v) is 2.93. The summed E-state index contributed by atoms with van der Waals surface area (Å²) in [5.74, 6) is 0.886. The summed E-state index contributed by atoms with van der Waals surface area (Å²) in [5, 5.41) is 13.5. The van der Waals surface area contributed by atoms with Crippen LogP contribution in [-0.4, -0.2) is 26.3 Å². The maximum Gasteiger partial charge on any atom is 0.229 e. The molecule has 1 N–H and O–H groups in total. The minimum atomic E-state index is -0.429. The van der Waals surface area contributed by atoms with Crippen LogP contribution in [-0.2, 0) is 6.42 Å². The zero-order chi connectivity index (χ0) is 13.0. The van der Waals surface area contributed by atoms with Crippen molar-refractivity contribution in [2.24, 2.45) is 0 Å². The van der Waals surface area contributed by atoms with Crippen molar-refractivity contribution in [3.05, 3.63) is 28.7 Å². The van der Waals surface area contributed by atoms with E-state index in [1.807, 2.05) is 13.0 Å². The van der Waals surface area contributed by atoms with Gasteiger partial charge in [0.25, 0.3) is 0 Å². The summed E-state index contributed by atoms with van der Waals surface area (Å²) in [5.41, 5.74) is 0.651. The molecule has 0 fully saturated rings. The van der Waals surface area contributed by atoms with Crippen molar-refractivity contribution in [2.75, 3.05) is 0 Å². The molecule has 0 radical (unpaired) electrons. The van der Waals surface area contributed by atoms with Crippen LogP contribution >= 0.6 is 15.9 Å². The van der Waals surface area contributed by atoms with Gasteiger partial charge in [-0.15, -0.1) is 0 Å². The molecule has 2 heterocycles. The lowest BCUT2D eigenvalue weighted by Crippen LogP contribution is -2.09. The first-order valence-corrected chi connectivity index (χ1v) is 6.61. The highest BCUT2D eigenvalue weighted by Gasteiger charge is 2.13. The van der Waals surface area contributed by atoms with Crippen LogP contribution < -0.4 is 0 Å². The molecule has 1 atom stereocenters. The molecule has 2 aromatic heterocycles. The zero-order valence-electron chi connectivity index (χ0n) is 10.0. The molecule has 0 saturated carbocycles. The Morgan fingerprint density at radius 1 is 1.44 bits per heavy atom. The molecule has 0 amide bonds. The number of aromatic nitrogens is 3. The number of halogens is 1. The summed E-state index contributed by atoms with van der Waals surface area (Å²) >= 11 is 3.31. The van der Waals surface area contributed by atoms with Crippen molar-refractivity contribution in [2.45, 2.75) is 32.3 Å². The van der Waals surface area contributed by atoms with E-state index in [-0.39, 0.29) is 0 Å². The van der Waals surface area contributed by atoms with E-state index >= 15 is 0 Å². The van der Waals surface area contributed by atoms with Gasteiger partial charge in [0.1, 0.15) is 5.69 Å². The molecule has 0 aliphatic rings. The van der Waals surface area contributed by atoms with Crippen LogP contribution in [0, 0.1) is 0 Å². The van der Waals surface area contributed by atoms with Gasteiger partial charge in [-0.2, -0.15) is 4.98 Å². The Balaban J connectivity index is 2.08. The first-order valence-electron chi connectivity index (χ1n) is 5.81. The van der Waals surface area contributed by atoms with Crippen molar-refractivity contribution in [3.63, 3.8) is 0 Å². The third-order valence-electron chi connectivity index (χ3n) is 2.46. The average Bonchev–Trinajstić information content (AvgIpc) is 2.78. The summed E-state index contributed by atoms with van der Waals surface area (Å²) in [6.07, 6.45) is 3.29. The monoisotopic (exact) mass is 311 g/mol. The predicted molar refractivity (Wildman–Crippen MR) is 69.8 cm³/mol. The lowest BCUT2D eigenvalue weighted by Gasteiger charge is -2.03. The number of hydrogen-bond acceptors (Lipinski definition) is 5. The SMILES string of the molecule is CCCC(O)Cc1nc(-c2ccc(Br)cn2)no1. The molecule has 0 aliphatic carbocycles. The van der Waals surface area contributed by atoms with E-state index in [1.165, 1.54) is 0 Å². The number of aliphatic hydroxyl groups is 1. The number of rotatable bonds is 5. The summed E-state index contributed by atoms with van der Waals surface area (Å²) in [6, 6.07) is 3.67. The zero-order valence-corrected chi connectivity index (χ0v) is 11.6. The number of nitrogens with zero attached hydrogens (tertiary/aromatic N) is 3. The lowest BCUT2D eigenvalue weighted by molar-refractivity contribution is 0.152. The van der Waals surface area contributed by atoms with Crippen LogP contribution in [0.5, 0.6) is 0 Å². The molecule has 2 aromatic rings. The molecule has 5 nitrogen and oxygen atoms in total. The van der Waals surface area contributed by atoms with Gasteiger partial charge in [0.05, 0.1) is 12.5 Å². The molecule has 0 aromatic carbocycles. The molecule has 1 unspecified atom stereocenters. The van der Waals surface area contributed by atoms with Gasteiger partial charge in [0, 0.05) is 10.7 Å². The Kier molecular flexibility index (Phi) is 4.43. The van der Waals surface area contributed by atoms with E-state index in [2.05, 4.69) is 31.1 Å². The Hall–Kier alpha value is -1.27. The first-order chi connectivity index (χ1) is 8.69. The van der Waals surface area contributed by atoms with Gasteiger partial charge in [-0.1, -0.05) is 18.5 Å². The second kappa shape index (κ2) is 6.06. The maximum atomic E-state index is 9.67. The Morgan fingerprint density at radius 3 is 2.94 bits per heavy atom. The van der Waals surface area contributed by atoms with E-state index in [9.17, 15) is 5.11 Å². The topological polar surface area (TPSA) is 72.0 Å². The molecular formula is C12H14BrN3O2. The van der Waals surface area contributed by atoms with Gasteiger partial charge in [-0.3, -0.25) is 4.98 Å². The van der Waals surface area contributed by atoms with Crippen molar-refractivity contribution in [3.8, 4) is 11.5 Å². The van der Waals surface area contributed by atoms with Crippen LogP contribution in [0.3, 0.4) is 0 Å². The third kappa shape index (κ3) is 3.36. The molecule has 6 heteroatoms. The summed E-state index contributed by atoms with van der Waals surface area (Å²) in [6.45, 7) is 2.02. The molecule has 0 saturated heterocycles. The number of aliphatic hydroxyl groups excluding tert-OH is 1. The van der Waals surface area contributed by atoms with Gasteiger partial charge in [-0.25, -0.2) is 0 Å². The standard InChI is InChI=1S/C12H14BrN3O2/c1-2-3-9(17)6-11-15-12(16-18-11)10-5-4-8(13)7-14-10/h4-5,7,9,17H,2-3,6H2,1H3. The number of hydrogen-bond donors (Lipinski definition) is 1. The molecule has 0 spiro atoms. The molecule has 0 bridgehead atoms. The summed E-state index contributed by atoms with van der Waals surface area (Å²) in [4.78, 5) is 8.40. The van der Waals surface area contributed by atoms with E-state index in [0.29, 0.717) is 23.8 Å². The fraction of sp³-hybridized carbons (Fsp3) is 0.417. The van der Waals surface area contributed by atoms with Gasteiger partial charge >= 0.3 is 0 Å². The fourth-order valence-corrected chi connectivity index (χ4v) is 1.82. The Labute approximate surface area is 113 Å².